The van der Waals surface area contributed by atoms with Crippen molar-refractivity contribution in [1.82, 2.24) is 4.90 Å². The molecule has 0 heterocycles. The Morgan fingerprint density at radius 3 is 2.55 bits per heavy atom. The first kappa shape index (κ1) is 20.1. The second kappa shape index (κ2) is 11.8. The molecule has 0 aliphatic heterocycles. The van der Waals surface area contributed by atoms with Crippen LogP contribution in [0.5, 0.6) is 0 Å². The van der Waals surface area contributed by atoms with Gasteiger partial charge in [-0.2, -0.15) is 0 Å². The van der Waals surface area contributed by atoms with Crippen molar-refractivity contribution in [3.8, 4) is 0 Å². The minimum atomic E-state index is -0.962. The van der Waals surface area contributed by atoms with Crippen LogP contribution in [0.3, 0.4) is 0 Å². The van der Waals surface area contributed by atoms with Crippen LogP contribution >= 0.6 is 0 Å². The molecule has 0 saturated heterocycles. The normalized spacial score (nSPS) is 11.7. The van der Waals surface area contributed by atoms with Gasteiger partial charge in [0.25, 0.3) is 0 Å². The number of hydrogen-bond donors (Lipinski definition) is 4. The molecule has 22 heavy (non-hydrogen) atoms. The summed E-state index contributed by atoms with van der Waals surface area (Å²) in [5.41, 5.74) is 16.3. The number of carbonyl (C=O) groups excluding carboxylic acids is 1. The molecule has 0 aliphatic carbocycles. The molecule has 0 saturated carbocycles. The van der Waals surface area contributed by atoms with Gasteiger partial charge < -0.3 is 31.9 Å². The number of ether oxygens (including phenoxy) is 1. The van der Waals surface area contributed by atoms with Crippen molar-refractivity contribution in [2.45, 2.75) is 32.2 Å². The predicted octanol–water partition coefficient (Wildman–Crippen LogP) is -1.29. The number of aliphatic imine (C=N–C) groups is 1. The van der Waals surface area contributed by atoms with E-state index in [1.165, 1.54) is 4.90 Å². The number of amides is 1. The van der Waals surface area contributed by atoms with E-state index in [4.69, 9.17) is 27.0 Å². The van der Waals surface area contributed by atoms with E-state index in [1.54, 1.807) is 0 Å². The van der Waals surface area contributed by atoms with E-state index in [1.807, 2.05) is 6.92 Å². The highest BCUT2D eigenvalue weighted by atomic mass is 16.5. The van der Waals surface area contributed by atoms with E-state index in [0.29, 0.717) is 39.1 Å². The maximum Gasteiger partial charge on any atom is 0.305 e. The Bertz CT molecular complexity index is 371. The van der Waals surface area contributed by atoms with Crippen molar-refractivity contribution in [2.75, 3.05) is 32.8 Å². The molecular weight excluding hydrogens is 290 g/mol. The fourth-order valence-corrected chi connectivity index (χ4v) is 1.76. The fraction of sp³-hybridized carbons (Fsp3) is 0.769. The molecule has 0 radical (unpaired) electrons. The Labute approximate surface area is 130 Å². The molecule has 128 valence electrons. The number of carboxylic acids is 1. The maximum absolute atomic E-state index is 12.2. The quantitative estimate of drug-likeness (QED) is 0.198. The summed E-state index contributed by atoms with van der Waals surface area (Å²) in [5.74, 6) is -1.25. The second-order valence-electron chi connectivity index (χ2n) is 4.72. The molecule has 0 spiro atoms. The molecule has 0 rings (SSSR count). The first-order valence-electron chi connectivity index (χ1n) is 7.27. The molecule has 1 atom stereocenters. The minimum Gasteiger partial charge on any atom is -0.481 e. The lowest BCUT2D eigenvalue weighted by Gasteiger charge is -2.25. The third-order valence-corrected chi connectivity index (χ3v) is 2.90. The van der Waals surface area contributed by atoms with Crippen molar-refractivity contribution >= 4 is 17.8 Å². The number of nitrogens with two attached hydrogens (primary N) is 3. The van der Waals surface area contributed by atoms with Crippen molar-refractivity contribution in [3.05, 3.63) is 0 Å². The van der Waals surface area contributed by atoms with Gasteiger partial charge in [-0.25, -0.2) is 0 Å². The number of carbonyl (C=O) groups is 2. The van der Waals surface area contributed by atoms with E-state index in [0.717, 1.165) is 0 Å². The van der Waals surface area contributed by atoms with Crippen LogP contribution < -0.4 is 17.2 Å². The molecule has 9 nitrogen and oxygen atoms in total. The molecule has 0 aromatic heterocycles. The van der Waals surface area contributed by atoms with Crippen LogP contribution in [0.15, 0.2) is 4.99 Å². The lowest BCUT2D eigenvalue weighted by Crippen LogP contribution is -2.46. The Morgan fingerprint density at radius 2 is 2.00 bits per heavy atom. The van der Waals surface area contributed by atoms with E-state index in [9.17, 15) is 9.59 Å². The van der Waals surface area contributed by atoms with Gasteiger partial charge >= 0.3 is 5.97 Å². The second-order valence-corrected chi connectivity index (χ2v) is 4.72. The van der Waals surface area contributed by atoms with Gasteiger partial charge in [0.05, 0.1) is 19.1 Å². The molecule has 0 bridgehead atoms. The van der Waals surface area contributed by atoms with E-state index in [2.05, 4.69) is 4.99 Å². The molecule has 0 aromatic carbocycles. The van der Waals surface area contributed by atoms with Crippen molar-refractivity contribution in [2.24, 2.45) is 22.2 Å². The largest absolute Gasteiger partial charge is 0.481 e. The zero-order chi connectivity index (χ0) is 17.0. The number of aliphatic carboxylic acids is 1. The summed E-state index contributed by atoms with van der Waals surface area (Å²) < 4.78 is 5.20. The first-order valence-corrected chi connectivity index (χ1v) is 7.27. The highest BCUT2D eigenvalue weighted by Crippen LogP contribution is 2.03. The summed E-state index contributed by atoms with van der Waals surface area (Å²) in [7, 11) is 0. The van der Waals surface area contributed by atoms with E-state index in [-0.39, 0.29) is 24.8 Å². The standard InChI is InChI=1S/C13H27N5O4/c1-2-22-9-8-18(7-5-11(19)20)12(21)10(14)4-3-6-17-13(15)16/h10H,2-9,14H2,1H3,(H,19,20)(H4,15,16,17). The number of nitrogens with zero attached hydrogens (tertiary/aromatic N) is 2. The van der Waals surface area contributed by atoms with Crippen LogP contribution in [0.25, 0.3) is 0 Å². The lowest BCUT2D eigenvalue weighted by molar-refractivity contribution is -0.139. The molecule has 0 aliphatic rings. The summed E-state index contributed by atoms with van der Waals surface area (Å²) in [6.07, 6.45) is 0.870. The Hall–Kier alpha value is -1.87. The van der Waals surface area contributed by atoms with Gasteiger partial charge in [-0.15, -0.1) is 0 Å². The van der Waals surface area contributed by atoms with Crippen LogP contribution in [-0.4, -0.2) is 66.7 Å². The van der Waals surface area contributed by atoms with E-state index >= 15 is 0 Å². The average Bonchev–Trinajstić information content (AvgIpc) is 2.45. The summed E-state index contributed by atoms with van der Waals surface area (Å²) in [4.78, 5) is 28.1. The van der Waals surface area contributed by atoms with Crippen molar-refractivity contribution in [1.29, 1.82) is 0 Å². The van der Waals surface area contributed by atoms with Crippen LogP contribution in [0.4, 0.5) is 0 Å². The molecule has 7 N–H and O–H groups in total. The number of carboxylic acid groups (broad SMARTS) is 1. The molecule has 0 aromatic rings. The number of hydrogen-bond acceptors (Lipinski definition) is 5. The van der Waals surface area contributed by atoms with E-state index < -0.39 is 12.0 Å². The summed E-state index contributed by atoms with van der Waals surface area (Å²) in [6.45, 7) is 3.56. The SMILES string of the molecule is CCOCCN(CCC(=O)O)C(=O)C(N)CCCN=C(N)N. The van der Waals surface area contributed by atoms with Gasteiger partial charge in [-0.05, 0) is 19.8 Å². The first-order chi connectivity index (χ1) is 10.4. The minimum absolute atomic E-state index is 0.000281. The van der Waals surface area contributed by atoms with Gasteiger partial charge in [-0.1, -0.05) is 0 Å². The monoisotopic (exact) mass is 317 g/mol. The van der Waals surface area contributed by atoms with Gasteiger partial charge in [0.15, 0.2) is 5.96 Å². The molecular formula is C13H27N5O4. The number of guanidine groups is 1. The highest BCUT2D eigenvalue weighted by Gasteiger charge is 2.21. The summed E-state index contributed by atoms with van der Waals surface area (Å²) in [5, 5.41) is 8.74. The maximum atomic E-state index is 12.2. The van der Waals surface area contributed by atoms with Gasteiger partial charge in [0.1, 0.15) is 0 Å². The Balaban J connectivity index is 4.37. The Morgan fingerprint density at radius 1 is 1.32 bits per heavy atom. The third kappa shape index (κ3) is 9.94. The lowest BCUT2D eigenvalue weighted by atomic mass is 10.1. The van der Waals surface area contributed by atoms with Crippen LogP contribution in [0.1, 0.15) is 26.2 Å². The molecule has 0 fully saturated rings. The predicted molar refractivity (Wildman–Crippen MR) is 83.2 cm³/mol. The molecule has 9 heteroatoms. The van der Waals surface area contributed by atoms with Gasteiger partial charge in [0.2, 0.25) is 5.91 Å². The van der Waals surface area contributed by atoms with Crippen molar-refractivity contribution in [3.63, 3.8) is 0 Å². The molecule has 1 amide bonds. The van der Waals surface area contributed by atoms with Crippen molar-refractivity contribution < 1.29 is 19.4 Å². The zero-order valence-corrected chi connectivity index (χ0v) is 13.0. The topological polar surface area (TPSA) is 157 Å². The van der Waals surface area contributed by atoms with Crippen LogP contribution in [-0.2, 0) is 14.3 Å². The molecule has 1 unspecified atom stereocenters. The fourth-order valence-electron chi connectivity index (χ4n) is 1.76. The highest BCUT2D eigenvalue weighted by molar-refractivity contribution is 5.82. The van der Waals surface area contributed by atoms with Gasteiger partial charge in [-0.3, -0.25) is 14.6 Å². The summed E-state index contributed by atoms with van der Waals surface area (Å²) >= 11 is 0. The Kier molecular flexibility index (Phi) is 10.8. The summed E-state index contributed by atoms with van der Waals surface area (Å²) in [6, 6.07) is -0.704. The van der Waals surface area contributed by atoms with Gasteiger partial charge in [0, 0.05) is 26.2 Å². The van der Waals surface area contributed by atoms with Crippen LogP contribution in [0, 0.1) is 0 Å². The smallest absolute Gasteiger partial charge is 0.305 e. The van der Waals surface area contributed by atoms with Crippen LogP contribution in [0.2, 0.25) is 0 Å². The number of rotatable bonds is 12. The third-order valence-electron chi connectivity index (χ3n) is 2.90. The zero-order valence-electron chi connectivity index (χ0n) is 13.0. The average molecular weight is 317 g/mol.